The number of piperidine rings is 1. The number of nitrogens with zero attached hydrogens (tertiary/aromatic N) is 1. The smallest absolute Gasteiger partial charge is 0.372 e. The van der Waals surface area contributed by atoms with Gasteiger partial charge in [-0.3, -0.25) is 5.41 Å². The molecule has 30 heavy (non-hydrogen) atoms. The van der Waals surface area contributed by atoms with Gasteiger partial charge in [-0.15, -0.1) is 0 Å². The van der Waals surface area contributed by atoms with Crippen LogP contribution in [-0.2, 0) is 16.5 Å². The summed E-state index contributed by atoms with van der Waals surface area (Å²) in [7, 11) is 1.75. The van der Waals surface area contributed by atoms with Crippen molar-refractivity contribution >= 4 is 17.6 Å². The Morgan fingerprint density at radius 3 is 2.10 bits per heavy atom. The Kier molecular flexibility index (Phi) is 5.86. The van der Waals surface area contributed by atoms with Crippen LogP contribution in [0.4, 0.5) is 13.2 Å². The van der Waals surface area contributed by atoms with Gasteiger partial charge in [0, 0.05) is 37.3 Å². The Bertz CT molecular complexity index is 879. The minimum atomic E-state index is -4.30. The van der Waals surface area contributed by atoms with E-state index in [1.54, 1.807) is 19.2 Å². The van der Waals surface area contributed by atoms with Gasteiger partial charge in [0.25, 0.3) is 0 Å². The predicted molar refractivity (Wildman–Crippen MR) is 114 cm³/mol. The normalized spacial score (nSPS) is 19.4. The van der Waals surface area contributed by atoms with E-state index in [4.69, 9.17) is 10.1 Å². The Hall–Kier alpha value is -1.99. The van der Waals surface area contributed by atoms with Crippen molar-refractivity contribution in [1.29, 1.82) is 5.41 Å². The number of nitrogens with one attached hydrogen (secondary N) is 1. The maximum absolute atomic E-state index is 12.8. The molecule has 2 aromatic carbocycles. The highest BCUT2D eigenvalue weighted by atomic mass is 32.2. The zero-order valence-electron chi connectivity index (χ0n) is 16.8. The minimum Gasteiger partial charge on any atom is -0.372 e. The molecule has 2 heterocycles. The lowest BCUT2D eigenvalue weighted by molar-refractivity contribution is -0.137. The summed E-state index contributed by atoms with van der Waals surface area (Å²) >= 11 is 1.87. The third kappa shape index (κ3) is 4.10. The summed E-state index contributed by atoms with van der Waals surface area (Å²) in [5, 5.41) is 8.59. The summed E-state index contributed by atoms with van der Waals surface area (Å²) in [5.74, 6) is 2.65. The molecule has 2 aliphatic rings. The number of methoxy groups -OCH3 is 1. The van der Waals surface area contributed by atoms with Crippen LogP contribution in [0, 0.1) is 5.41 Å². The molecule has 0 saturated carbocycles. The second-order valence-corrected chi connectivity index (χ2v) is 8.98. The van der Waals surface area contributed by atoms with Crippen LogP contribution in [-0.4, -0.2) is 42.4 Å². The van der Waals surface area contributed by atoms with Crippen LogP contribution in [0.2, 0.25) is 0 Å². The van der Waals surface area contributed by atoms with Crippen molar-refractivity contribution in [2.45, 2.75) is 30.5 Å². The van der Waals surface area contributed by atoms with Crippen LogP contribution in [0.1, 0.15) is 41.0 Å². The van der Waals surface area contributed by atoms with Gasteiger partial charge in [0.05, 0.1) is 5.56 Å². The number of halogens is 3. The number of rotatable bonds is 4. The van der Waals surface area contributed by atoms with Gasteiger partial charge >= 0.3 is 6.18 Å². The number of ether oxygens (including phenoxy) is 1. The number of hydrogen-bond acceptors (Lipinski definition) is 3. The van der Waals surface area contributed by atoms with Crippen LogP contribution in [0.3, 0.4) is 0 Å². The van der Waals surface area contributed by atoms with E-state index >= 15 is 0 Å². The zero-order chi connectivity index (χ0) is 21.4. The Morgan fingerprint density at radius 1 is 1.03 bits per heavy atom. The van der Waals surface area contributed by atoms with E-state index in [1.807, 2.05) is 23.9 Å². The molecule has 0 spiro atoms. The maximum atomic E-state index is 12.8. The summed E-state index contributed by atoms with van der Waals surface area (Å²) in [4.78, 5) is 2.06. The van der Waals surface area contributed by atoms with E-state index < -0.39 is 11.7 Å². The van der Waals surface area contributed by atoms with Gasteiger partial charge in [-0.2, -0.15) is 24.9 Å². The van der Waals surface area contributed by atoms with Gasteiger partial charge in [-0.1, -0.05) is 36.4 Å². The maximum Gasteiger partial charge on any atom is 0.416 e. The molecule has 0 aliphatic carbocycles. The first-order valence-electron chi connectivity index (χ1n) is 10.1. The Labute approximate surface area is 179 Å². The largest absolute Gasteiger partial charge is 0.416 e. The zero-order valence-corrected chi connectivity index (χ0v) is 17.7. The lowest BCUT2D eigenvalue weighted by Gasteiger charge is -2.40. The molecule has 0 radical (unpaired) electrons. The fraction of sp³-hybridized carbons (Fsp3) is 0.435. The number of hydrogen-bond donors (Lipinski definition) is 1. The molecule has 160 valence electrons. The van der Waals surface area contributed by atoms with Gasteiger partial charge in [0.2, 0.25) is 0 Å². The number of alkyl halides is 3. The van der Waals surface area contributed by atoms with Crippen molar-refractivity contribution in [3.05, 3.63) is 70.8 Å². The van der Waals surface area contributed by atoms with Crippen molar-refractivity contribution in [3.63, 3.8) is 0 Å². The van der Waals surface area contributed by atoms with E-state index in [0.717, 1.165) is 54.1 Å². The fourth-order valence-electron chi connectivity index (χ4n) is 4.18. The third-order valence-electron chi connectivity index (χ3n) is 6.27. The molecule has 2 aliphatic heterocycles. The number of likely N-dealkylation sites (tertiary alicyclic amines) is 1. The molecule has 3 nitrogen and oxygen atoms in total. The topological polar surface area (TPSA) is 36.3 Å². The molecule has 2 aromatic rings. The standard InChI is InChI=1S/C23H25F3N2OS/c1-29-22(14-30-15-22)19-6-4-18(5-7-19)21(27)28-12-10-17(11-13-28)16-2-8-20(9-3-16)23(24,25)26/h2-9,17,27H,10-15H2,1H3. The average molecular weight is 435 g/mol. The molecule has 7 heteroatoms. The number of benzene rings is 2. The van der Waals surface area contributed by atoms with Crippen molar-refractivity contribution in [2.75, 3.05) is 31.7 Å². The Balaban J connectivity index is 1.36. The molecular weight excluding hydrogens is 409 g/mol. The molecule has 2 saturated heterocycles. The monoisotopic (exact) mass is 434 g/mol. The Morgan fingerprint density at radius 2 is 1.63 bits per heavy atom. The fourth-order valence-corrected chi connectivity index (χ4v) is 5.33. The highest BCUT2D eigenvalue weighted by Gasteiger charge is 2.39. The SMILES string of the molecule is COC1(c2ccc(C(=N)N3CCC(c4ccc(C(F)(F)F)cc4)CC3)cc2)CSC1. The molecule has 0 unspecified atom stereocenters. The van der Waals surface area contributed by atoms with Crippen LogP contribution < -0.4 is 0 Å². The second kappa shape index (κ2) is 8.27. The summed E-state index contributed by atoms with van der Waals surface area (Å²) in [6, 6.07) is 13.6. The molecule has 0 bridgehead atoms. The van der Waals surface area contributed by atoms with E-state index in [-0.39, 0.29) is 11.5 Å². The van der Waals surface area contributed by atoms with E-state index in [9.17, 15) is 13.2 Å². The summed E-state index contributed by atoms with van der Waals surface area (Å²) in [5.41, 5.74) is 2.18. The number of thioether (sulfide) groups is 1. The number of amidine groups is 1. The summed E-state index contributed by atoms with van der Waals surface area (Å²) in [6.07, 6.45) is -2.64. The van der Waals surface area contributed by atoms with Gasteiger partial charge in [0.1, 0.15) is 11.4 Å². The molecule has 0 atom stereocenters. The quantitative estimate of drug-likeness (QED) is 0.510. The highest BCUT2D eigenvalue weighted by molar-refractivity contribution is 8.00. The predicted octanol–water partition coefficient (Wildman–Crippen LogP) is 5.50. The second-order valence-electron chi connectivity index (χ2n) is 8.00. The molecule has 2 fully saturated rings. The lowest BCUT2D eigenvalue weighted by Crippen LogP contribution is -2.42. The third-order valence-corrected chi connectivity index (χ3v) is 7.61. The van der Waals surface area contributed by atoms with Crippen LogP contribution in [0.5, 0.6) is 0 Å². The van der Waals surface area contributed by atoms with E-state index in [0.29, 0.717) is 5.84 Å². The highest BCUT2D eigenvalue weighted by Crippen LogP contribution is 2.41. The van der Waals surface area contributed by atoms with Crippen LogP contribution in [0.25, 0.3) is 0 Å². The minimum absolute atomic E-state index is 0.189. The first kappa shape index (κ1) is 21.2. The molecule has 1 N–H and O–H groups in total. The molecular formula is C23H25F3N2OS. The van der Waals surface area contributed by atoms with Gasteiger partial charge in [-0.05, 0) is 42.0 Å². The van der Waals surface area contributed by atoms with E-state index in [2.05, 4.69) is 17.0 Å². The van der Waals surface area contributed by atoms with Gasteiger partial charge in [-0.25, -0.2) is 0 Å². The van der Waals surface area contributed by atoms with Crippen molar-refractivity contribution in [1.82, 2.24) is 4.90 Å². The molecule has 0 aromatic heterocycles. The first-order valence-corrected chi connectivity index (χ1v) is 11.2. The van der Waals surface area contributed by atoms with Gasteiger partial charge < -0.3 is 9.64 Å². The molecule has 4 rings (SSSR count). The van der Waals surface area contributed by atoms with Crippen molar-refractivity contribution in [2.24, 2.45) is 0 Å². The van der Waals surface area contributed by atoms with Gasteiger partial charge in [0.15, 0.2) is 0 Å². The summed E-state index contributed by atoms with van der Waals surface area (Å²) in [6.45, 7) is 1.45. The molecule has 0 amide bonds. The van der Waals surface area contributed by atoms with Crippen molar-refractivity contribution in [3.8, 4) is 0 Å². The summed E-state index contributed by atoms with van der Waals surface area (Å²) < 4.78 is 44.0. The van der Waals surface area contributed by atoms with Crippen molar-refractivity contribution < 1.29 is 17.9 Å². The van der Waals surface area contributed by atoms with Crippen LogP contribution >= 0.6 is 11.8 Å². The average Bonchev–Trinajstić information content (AvgIpc) is 2.73. The lowest BCUT2D eigenvalue weighted by atomic mass is 9.88. The van der Waals surface area contributed by atoms with E-state index in [1.165, 1.54) is 12.1 Å². The van der Waals surface area contributed by atoms with Crippen LogP contribution in [0.15, 0.2) is 48.5 Å². The first-order chi connectivity index (χ1) is 14.3.